The lowest BCUT2D eigenvalue weighted by Gasteiger charge is -2.11. The van der Waals surface area contributed by atoms with Crippen LogP contribution in [0, 0.1) is 0 Å². The van der Waals surface area contributed by atoms with Gasteiger partial charge in [0, 0.05) is 18.1 Å². The number of hydrogen-bond donors (Lipinski definition) is 2. The fourth-order valence-corrected chi connectivity index (χ4v) is 2.20. The second kappa shape index (κ2) is 9.86. The van der Waals surface area contributed by atoms with Crippen LogP contribution in [0.25, 0.3) is 5.76 Å². The van der Waals surface area contributed by atoms with Crippen molar-refractivity contribution in [2.75, 3.05) is 5.32 Å². The molecule has 1 aromatic carbocycles. The van der Waals surface area contributed by atoms with Crippen molar-refractivity contribution in [3.05, 3.63) is 35.9 Å². The fourth-order valence-electron chi connectivity index (χ4n) is 2.20. The highest BCUT2D eigenvalue weighted by Gasteiger charge is 2.37. The van der Waals surface area contributed by atoms with Crippen molar-refractivity contribution in [1.82, 2.24) is 0 Å². The molecule has 0 aliphatic heterocycles. The summed E-state index contributed by atoms with van der Waals surface area (Å²) in [5, 5.41) is 12.4. The number of hydrogen-bond acceptors (Lipinski definition) is 3. The van der Waals surface area contributed by atoms with Gasteiger partial charge in [-0.1, -0.05) is 44.7 Å². The first-order valence-electron chi connectivity index (χ1n) is 8.16. The zero-order chi connectivity index (χ0) is 18.9. The largest absolute Gasteiger partial charge is 0.507 e. The summed E-state index contributed by atoms with van der Waals surface area (Å²) in [5.74, 6) is -3.30. The molecule has 0 fully saturated rings. The molecule has 25 heavy (non-hydrogen) atoms. The van der Waals surface area contributed by atoms with E-state index in [1.807, 2.05) is 0 Å². The SMILES string of the molecule is CCCCCCCC(=O)Nc1ccccc1/C(O)=C/C(=O)C(F)(F)F. The van der Waals surface area contributed by atoms with Crippen molar-refractivity contribution in [3.63, 3.8) is 0 Å². The first-order chi connectivity index (χ1) is 11.8. The van der Waals surface area contributed by atoms with Gasteiger partial charge in [0.15, 0.2) is 0 Å². The van der Waals surface area contributed by atoms with Crippen LogP contribution in [-0.4, -0.2) is 23.0 Å². The van der Waals surface area contributed by atoms with Crippen LogP contribution in [0.4, 0.5) is 18.9 Å². The summed E-state index contributed by atoms with van der Waals surface area (Å²) < 4.78 is 36.9. The molecular weight excluding hydrogens is 335 g/mol. The maximum atomic E-state index is 12.3. The van der Waals surface area contributed by atoms with Gasteiger partial charge in [0.2, 0.25) is 5.91 Å². The number of aliphatic hydroxyl groups is 1. The molecule has 7 heteroatoms. The molecule has 0 aliphatic carbocycles. The van der Waals surface area contributed by atoms with Gasteiger partial charge in [0.1, 0.15) is 5.76 Å². The average molecular weight is 357 g/mol. The third-order valence-corrected chi connectivity index (χ3v) is 3.53. The number of unbranched alkanes of at least 4 members (excludes halogenated alkanes) is 4. The Morgan fingerprint density at radius 3 is 2.40 bits per heavy atom. The average Bonchev–Trinajstić information content (AvgIpc) is 2.54. The molecule has 1 rings (SSSR count). The molecular formula is C18H22F3NO3. The van der Waals surface area contributed by atoms with Crippen LogP contribution in [0.5, 0.6) is 0 Å². The topological polar surface area (TPSA) is 66.4 Å². The Kier molecular flexibility index (Phi) is 8.18. The maximum Gasteiger partial charge on any atom is 0.454 e. The molecule has 0 aromatic heterocycles. The van der Waals surface area contributed by atoms with Gasteiger partial charge in [0.25, 0.3) is 5.78 Å². The second-order valence-corrected chi connectivity index (χ2v) is 5.65. The summed E-state index contributed by atoms with van der Waals surface area (Å²) >= 11 is 0. The van der Waals surface area contributed by atoms with Gasteiger partial charge in [-0.3, -0.25) is 9.59 Å². The number of amides is 1. The summed E-state index contributed by atoms with van der Waals surface area (Å²) in [5.41, 5.74) is 0.115. The van der Waals surface area contributed by atoms with Crippen molar-refractivity contribution in [3.8, 4) is 0 Å². The van der Waals surface area contributed by atoms with Crippen LogP contribution in [-0.2, 0) is 9.59 Å². The molecule has 138 valence electrons. The lowest BCUT2D eigenvalue weighted by Crippen LogP contribution is -2.20. The normalized spacial score (nSPS) is 12.1. The van der Waals surface area contributed by atoms with E-state index in [2.05, 4.69) is 12.2 Å². The van der Waals surface area contributed by atoms with Crippen LogP contribution < -0.4 is 5.32 Å². The lowest BCUT2D eigenvalue weighted by molar-refractivity contribution is -0.165. The number of aliphatic hydroxyl groups excluding tert-OH is 1. The van der Waals surface area contributed by atoms with Crippen LogP contribution >= 0.6 is 0 Å². The predicted molar refractivity (Wildman–Crippen MR) is 90.1 cm³/mol. The van der Waals surface area contributed by atoms with E-state index in [1.54, 1.807) is 6.07 Å². The molecule has 0 saturated heterocycles. The van der Waals surface area contributed by atoms with Gasteiger partial charge >= 0.3 is 6.18 Å². The Morgan fingerprint density at radius 2 is 1.76 bits per heavy atom. The number of benzene rings is 1. The Bertz CT molecular complexity index is 624. The van der Waals surface area contributed by atoms with Crippen molar-refractivity contribution >= 4 is 23.1 Å². The van der Waals surface area contributed by atoms with Crippen molar-refractivity contribution in [1.29, 1.82) is 0 Å². The number of rotatable bonds is 9. The van der Waals surface area contributed by atoms with Crippen molar-refractivity contribution in [2.24, 2.45) is 0 Å². The van der Waals surface area contributed by atoms with Crippen LogP contribution in [0.15, 0.2) is 30.3 Å². The number of para-hydroxylation sites is 1. The number of ketones is 1. The van der Waals surface area contributed by atoms with E-state index in [0.717, 1.165) is 25.7 Å². The van der Waals surface area contributed by atoms with E-state index in [4.69, 9.17) is 0 Å². The Balaban J connectivity index is 2.75. The maximum absolute atomic E-state index is 12.3. The quantitative estimate of drug-likeness (QED) is 0.371. The van der Waals surface area contributed by atoms with Crippen LogP contribution in [0.2, 0.25) is 0 Å². The van der Waals surface area contributed by atoms with E-state index in [-0.39, 0.29) is 29.7 Å². The molecule has 0 bridgehead atoms. The molecule has 0 atom stereocenters. The number of halogens is 3. The number of carbonyl (C=O) groups is 2. The highest BCUT2D eigenvalue weighted by Crippen LogP contribution is 2.25. The number of carbonyl (C=O) groups excluding carboxylic acids is 2. The molecule has 0 saturated carbocycles. The third kappa shape index (κ3) is 7.41. The van der Waals surface area contributed by atoms with Gasteiger partial charge in [0.05, 0.1) is 5.69 Å². The van der Waals surface area contributed by atoms with Gasteiger partial charge < -0.3 is 10.4 Å². The van der Waals surface area contributed by atoms with E-state index >= 15 is 0 Å². The summed E-state index contributed by atoms with van der Waals surface area (Å²) in [6, 6.07) is 5.83. The van der Waals surface area contributed by atoms with Crippen molar-refractivity contribution < 1.29 is 27.9 Å². The van der Waals surface area contributed by atoms with Gasteiger partial charge in [-0.15, -0.1) is 0 Å². The second-order valence-electron chi connectivity index (χ2n) is 5.65. The monoisotopic (exact) mass is 357 g/mol. The standard InChI is InChI=1S/C18H22F3NO3/c1-2-3-4-5-6-11-17(25)22-14-10-8-7-9-13(14)15(23)12-16(24)18(19,20)21/h7-10,12,23H,2-6,11H2,1H3,(H,22,25)/b15-12-. The predicted octanol–water partition coefficient (Wildman–Crippen LogP) is 5.02. The van der Waals surface area contributed by atoms with Crippen molar-refractivity contribution in [2.45, 2.75) is 51.6 Å². The fraction of sp³-hybridized carbons (Fsp3) is 0.444. The lowest BCUT2D eigenvalue weighted by atomic mass is 10.1. The van der Waals surface area contributed by atoms with E-state index < -0.39 is 17.7 Å². The number of nitrogens with one attached hydrogen (secondary N) is 1. The smallest absolute Gasteiger partial charge is 0.454 e. The highest BCUT2D eigenvalue weighted by atomic mass is 19.4. The minimum absolute atomic E-state index is 0.0422. The molecule has 2 N–H and O–H groups in total. The summed E-state index contributed by atoms with van der Waals surface area (Å²) in [6.07, 6.45) is 0.211. The van der Waals surface area contributed by atoms with E-state index in [1.165, 1.54) is 18.2 Å². The summed E-state index contributed by atoms with van der Waals surface area (Å²) in [7, 11) is 0. The summed E-state index contributed by atoms with van der Waals surface area (Å²) in [6.45, 7) is 2.09. The number of allylic oxidation sites excluding steroid dienone is 1. The first-order valence-corrected chi connectivity index (χ1v) is 8.16. The number of alkyl halides is 3. The first kappa shape index (κ1) is 20.7. The molecule has 1 amide bonds. The van der Waals surface area contributed by atoms with Gasteiger partial charge in [-0.05, 0) is 18.6 Å². The third-order valence-electron chi connectivity index (χ3n) is 3.53. The minimum atomic E-state index is -5.06. The van der Waals surface area contributed by atoms with Gasteiger partial charge in [-0.25, -0.2) is 0 Å². The van der Waals surface area contributed by atoms with Gasteiger partial charge in [-0.2, -0.15) is 13.2 Å². The van der Waals surface area contributed by atoms with Crippen LogP contribution in [0.3, 0.4) is 0 Å². The molecule has 0 spiro atoms. The molecule has 0 unspecified atom stereocenters. The summed E-state index contributed by atoms with van der Waals surface area (Å²) in [4.78, 5) is 22.9. The minimum Gasteiger partial charge on any atom is -0.507 e. The molecule has 0 heterocycles. The van der Waals surface area contributed by atoms with E-state index in [9.17, 15) is 27.9 Å². The highest BCUT2D eigenvalue weighted by molar-refractivity contribution is 6.01. The zero-order valence-corrected chi connectivity index (χ0v) is 14.0. The number of anilines is 1. The zero-order valence-electron chi connectivity index (χ0n) is 14.0. The molecule has 1 aromatic rings. The molecule has 4 nitrogen and oxygen atoms in total. The Morgan fingerprint density at radius 1 is 1.12 bits per heavy atom. The Hall–Kier alpha value is -2.31. The molecule has 0 aliphatic rings. The van der Waals surface area contributed by atoms with Crippen LogP contribution in [0.1, 0.15) is 51.0 Å². The molecule has 0 radical (unpaired) electrons. The Labute approximate surface area is 144 Å². The van der Waals surface area contributed by atoms with E-state index in [0.29, 0.717) is 6.42 Å².